The molecule has 4 nitrogen and oxygen atoms in total. The third-order valence-electron chi connectivity index (χ3n) is 4.26. The number of anilines is 1. The molecular weight excluding hydrogens is 409 g/mol. The van der Waals surface area contributed by atoms with E-state index in [9.17, 15) is 10.1 Å². The molecule has 8 heteroatoms. The SMILES string of the molecule is C[C@@H]1CCc2c(sc(NC(=S)NC(=O)c3ccc(Cl)c(Cl)c3)c2C#N)C1. The number of carbonyl (C=O) groups is 1. The van der Waals surface area contributed by atoms with Gasteiger partial charge in [0.2, 0.25) is 0 Å². The lowest BCUT2D eigenvalue weighted by molar-refractivity contribution is 0.0977. The highest BCUT2D eigenvalue weighted by atomic mass is 35.5. The molecule has 1 aliphatic carbocycles. The molecule has 1 aliphatic rings. The predicted octanol–water partition coefficient (Wildman–Crippen LogP) is 5.18. The molecule has 0 saturated carbocycles. The number of amides is 1. The second kappa shape index (κ2) is 7.93. The number of rotatable bonds is 2. The van der Waals surface area contributed by atoms with Crippen molar-refractivity contribution in [1.29, 1.82) is 5.26 Å². The van der Waals surface area contributed by atoms with E-state index in [1.165, 1.54) is 22.3 Å². The number of benzene rings is 1. The van der Waals surface area contributed by atoms with Crippen LogP contribution in [0.3, 0.4) is 0 Å². The molecule has 0 aliphatic heterocycles. The van der Waals surface area contributed by atoms with Crippen molar-refractivity contribution in [1.82, 2.24) is 5.32 Å². The van der Waals surface area contributed by atoms with Crippen LogP contribution in [-0.2, 0) is 12.8 Å². The van der Waals surface area contributed by atoms with Crippen LogP contribution >= 0.6 is 46.8 Å². The first-order valence-electron chi connectivity index (χ1n) is 8.01. The summed E-state index contributed by atoms with van der Waals surface area (Å²) in [6.45, 7) is 2.21. The van der Waals surface area contributed by atoms with E-state index < -0.39 is 5.91 Å². The first kappa shape index (κ1) is 19.1. The summed E-state index contributed by atoms with van der Waals surface area (Å²) in [6, 6.07) is 6.87. The Morgan fingerprint density at radius 2 is 2.15 bits per heavy atom. The van der Waals surface area contributed by atoms with E-state index in [0.717, 1.165) is 24.8 Å². The van der Waals surface area contributed by atoms with Gasteiger partial charge in [-0.2, -0.15) is 5.26 Å². The Morgan fingerprint density at radius 3 is 2.85 bits per heavy atom. The number of thiocarbonyl (C=S) groups is 1. The number of thiophene rings is 1. The van der Waals surface area contributed by atoms with Gasteiger partial charge in [0.15, 0.2) is 5.11 Å². The Morgan fingerprint density at radius 1 is 1.38 bits per heavy atom. The Hall–Kier alpha value is -1.65. The average Bonchev–Trinajstić information content (AvgIpc) is 2.92. The van der Waals surface area contributed by atoms with Gasteiger partial charge in [-0.15, -0.1) is 11.3 Å². The summed E-state index contributed by atoms with van der Waals surface area (Å²) in [5.74, 6) is 0.219. The number of carbonyl (C=O) groups excluding carboxylic acids is 1. The fourth-order valence-electron chi connectivity index (χ4n) is 2.90. The number of nitrogens with zero attached hydrogens (tertiary/aromatic N) is 1. The van der Waals surface area contributed by atoms with E-state index in [1.54, 1.807) is 12.1 Å². The van der Waals surface area contributed by atoms with Gasteiger partial charge >= 0.3 is 0 Å². The lowest BCUT2D eigenvalue weighted by atomic mass is 9.89. The lowest BCUT2D eigenvalue weighted by Crippen LogP contribution is -2.34. The predicted molar refractivity (Wildman–Crippen MR) is 110 cm³/mol. The van der Waals surface area contributed by atoms with Crippen molar-refractivity contribution in [3.05, 3.63) is 49.8 Å². The van der Waals surface area contributed by atoms with Gasteiger partial charge in [-0.05, 0) is 61.2 Å². The van der Waals surface area contributed by atoms with E-state index in [0.29, 0.717) is 32.1 Å². The van der Waals surface area contributed by atoms with Gasteiger partial charge in [0.1, 0.15) is 11.1 Å². The fraction of sp³-hybridized carbons (Fsp3) is 0.278. The molecule has 1 aromatic heterocycles. The summed E-state index contributed by atoms with van der Waals surface area (Å²) < 4.78 is 0. The van der Waals surface area contributed by atoms with Gasteiger partial charge in [-0.3, -0.25) is 10.1 Å². The number of nitrogens with one attached hydrogen (secondary N) is 2. The summed E-state index contributed by atoms with van der Waals surface area (Å²) in [4.78, 5) is 13.5. The van der Waals surface area contributed by atoms with Crippen LogP contribution in [0.5, 0.6) is 0 Å². The molecular formula is C18H15Cl2N3OS2. The largest absolute Gasteiger partial charge is 0.323 e. The molecule has 2 N–H and O–H groups in total. The summed E-state index contributed by atoms with van der Waals surface area (Å²) in [6.07, 6.45) is 2.95. The van der Waals surface area contributed by atoms with Gasteiger partial charge in [0.05, 0.1) is 15.6 Å². The maximum Gasteiger partial charge on any atom is 0.257 e. The summed E-state index contributed by atoms with van der Waals surface area (Å²) in [5, 5.41) is 16.6. The van der Waals surface area contributed by atoms with Crippen molar-refractivity contribution in [2.75, 3.05) is 5.32 Å². The molecule has 0 unspecified atom stereocenters. The minimum absolute atomic E-state index is 0.143. The number of hydrogen-bond donors (Lipinski definition) is 2. The molecule has 0 fully saturated rings. The fourth-order valence-corrected chi connectivity index (χ4v) is 4.83. The van der Waals surface area contributed by atoms with Crippen LogP contribution in [-0.4, -0.2) is 11.0 Å². The van der Waals surface area contributed by atoms with Crippen LogP contribution in [0.15, 0.2) is 18.2 Å². The highest BCUT2D eigenvalue weighted by molar-refractivity contribution is 7.80. The van der Waals surface area contributed by atoms with Crippen molar-refractivity contribution in [2.45, 2.75) is 26.2 Å². The lowest BCUT2D eigenvalue weighted by Gasteiger charge is -2.17. The maximum atomic E-state index is 12.3. The number of nitriles is 1. The van der Waals surface area contributed by atoms with E-state index in [1.807, 2.05) is 0 Å². The van der Waals surface area contributed by atoms with Crippen LogP contribution in [0.2, 0.25) is 10.0 Å². The highest BCUT2D eigenvalue weighted by Gasteiger charge is 2.24. The molecule has 2 aromatic rings. The topological polar surface area (TPSA) is 64.9 Å². The van der Waals surface area contributed by atoms with Crippen LogP contribution in [0.25, 0.3) is 0 Å². The third kappa shape index (κ3) is 4.02. The molecule has 26 heavy (non-hydrogen) atoms. The van der Waals surface area contributed by atoms with Crippen molar-refractivity contribution in [2.24, 2.45) is 5.92 Å². The first-order valence-corrected chi connectivity index (χ1v) is 9.99. The number of hydrogen-bond acceptors (Lipinski definition) is 4. The van der Waals surface area contributed by atoms with Crippen LogP contribution in [0.4, 0.5) is 5.00 Å². The summed E-state index contributed by atoms with van der Waals surface area (Å²) in [5.41, 5.74) is 2.09. The van der Waals surface area contributed by atoms with Gasteiger partial charge in [0, 0.05) is 10.4 Å². The maximum absolute atomic E-state index is 12.3. The molecule has 1 amide bonds. The zero-order valence-electron chi connectivity index (χ0n) is 13.9. The Bertz CT molecular complexity index is 933. The van der Waals surface area contributed by atoms with Crippen LogP contribution < -0.4 is 10.6 Å². The Kier molecular flexibility index (Phi) is 5.83. The standard InChI is InChI=1S/C18H15Cl2N3OS2/c1-9-2-4-11-12(8-21)17(26-15(11)6-9)23-18(25)22-16(24)10-3-5-13(19)14(20)7-10/h3,5,7,9H,2,4,6H2,1H3,(H2,22,23,24,25)/t9-/m1/s1. The van der Waals surface area contributed by atoms with E-state index in [-0.39, 0.29) is 5.11 Å². The molecule has 3 rings (SSSR count). The molecule has 0 spiro atoms. The molecule has 1 aromatic carbocycles. The van der Waals surface area contributed by atoms with E-state index in [2.05, 4.69) is 23.6 Å². The molecule has 0 saturated heterocycles. The van der Waals surface area contributed by atoms with E-state index >= 15 is 0 Å². The monoisotopic (exact) mass is 423 g/mol. The van der Waals surface area contributed by atoms with Crippen molar-refractivity contribution in [3.8, 4) is 6.07 Å². The second-order valence-corrected chi connectivity index (χ2v) is 8.53. The second-order valence-electron chi connectivity index (χ2n) is 6.20. The number of fused-ring (bicyclic) bond motifs is 1. The van der Waals surface area contributed by atoms with Crippen LogP contribution in [0, 0.1) is 17.2 Å². The Balaban J connectivity index is 1.73. The highest BCUT2D eigenvalue weighted by Crippen LogP contribution is 2.39. The van der Waals surface area contributed by atoms with Gasteiger partial charge in [-0.1, -0.05) is 30.1 Å². The third-order valence-corrected chi connectivity index (χ3v) is 6.37. The zero-order valence-corrected chi connectivity index (χ0v) is 17.0. The normalized spacial score (nSPS) is 15.7. The quantitative estimate of drug-likeness (QED) is 0.653. The van der Waals surface area contributed by atoms with Crippen molar-refractivity contribution >= 4 is 62.8 Å². The minimum atomic E-state index is -0.394. The minimum Gasteiger partial charge on any atom is -0.323 e. The van der Waals surface area contributed by atoms with Crippen molar-refractivity contribution in [3.63, 3.8) is 0 Å². The first-order chi connectivity index (χ1) is 12.4. The molecule has 134 valence electrons. The Labute approximate surface area is 171 Å². The van der Waals surface area contributed by atoms with Gasteiger partial charge in [-0.25, -0.2) is 0 Å². The number of halogens is 2. The average molecular weight is 424 g/mol. The summed E-state index contributed by atoms with van der Waals surface area (Å²) >= 11 is 18.6. The zero-order chi connectivity index (χ0) is 18.8. The smallest absolute Gasteiger partial charge is 0.257 e. The molecule has 1 heterocycles. The van der Waals surface area contributed by atoms with Gasteiger partial charge < -0.3 is 5.32 Å². The molecule has 1 atom stereocenters. The van der Waals surface area contributed by atoms with E-state index in [4.69, 9.17) is 35.4 Å². The summed E-state index contributed by atoms with van der Waals surface area (Å²) in [7, 11) is 0. The molecule has 0 bridgehead atoms. The van der Waals surface area contributed by atoms with Gasteiger partial charge in [0.25, 0.3) is 5.91 Å². The molecule has 0 radical (unpaired) electrons. The van der Waals surface area contributed by atoms with Crippen LogP contribution in [0.1, 0.15) is 39.7 Å². The van der Waals surface area contributed by atoms with Crippen molar-refractivity contribution < 1.29 is 4.79 Å².